The average Bonchev–Trinajstić information content (AvgIpc) is 3.14. The fourth-order valence-electron chi connectivity index (χ4n) is 3.34. The molecule has 7 heteroatoms. The minimum Gasteiger partial charge on any atom is -0.497 e. The first-order valence-corrected chi connectivity index (χ1v) is 9.16. The predicted octanol–water partition coefficient (Wildman–Crippen LogP) is 2.43. The van der Waals surface area contributed by atoms with Crippen LogP contribution in [0.3, 0.4) is 0 Å². The zero-order chi connectivity index (χ0) is 17.5. The smallest absolute Gasteiger partial charge is 0.221 e. The Morgan fingerprint density at radius 3 is 2.85 bits per heavy atom. The Labute approximate surface area is 161 Å². The summed E-state index contributed by atoms with van der Waals surface area (Å²) in [5, 5.41) is 6.29. The Balaban J connectivity index is 0.00000243. The highest BCUT2D eigenvalue weighted by Gasteiger charge is 2.20. The Morgan fingerprint density at radius 1 is 1.35 bits per heavy atom. The summed E-state index contributed by atoms with van der Waals surface area (Å²) < 4.78 is 16.9. The second-order valence-electron chi connectivity index (χ2n) is 6.70. The molecule has 1 aromatic rings. The van der Waals surface area contributed by atoms with E-state index in [1.165, 1.54) is 12.8 Å². The van der Waals surface area contributed by atoms with Crippen LogP contribution in [0.2, 0.25) is 0 Å². The molecule has 1 heterocycles. The average molecular weight is 385 g/mol. The van der Waals surface area contributed by atoms with Crippen molar-refractivity contribution in [3.63, 3.8) is 0 Å². The van der Waals surface area contributed by atoms with Crippen LogP contribution >= 0.6 is 12.4 Å². The van der Waals surface area contributed by atoms with E-state index < -0.39 is 0 Å². The van der Waals surface area contributed by atoms with Crippen LogP contribution in [0.4, 0.5) is 0 Å². The highest BCUT2D eigenvalue weighted by molar-refractivity contribution is 5.85. The van der Waals surface area contributed by atoms with Crippen LogP contribution < -0.4 is 20.1 Å². The number of ether oxygens (including phenoxy) is 3. The van der Waals surface area contributed by atoms with E-state index in [0.29, 0.717) is 26.2 Å². The van der Waals surface area contributed by atoms with Gasteiger partial charge in [0.1, 0.15) is 11.5 Å². The van der Waals surface area contributed by atoms with E-state index in [2.05, 4.69) is 10.6 Å². The molecule has 6 nitrogen and oxygen atoms in total. The SMILES string of the molecule is COc1ccc(CNC(=O)CC2COCCN2)c(OC2CCCC2)c1.Cl. The summed E-state index contributed by atoms with van der Waals surface area (Å²) in [4.78, 5) is 12.2. The van der Waals surface area contributed by atoms with Crippen LogP contribution in [0.25, 0.3) is 0 Å². The number of methoxy groups -OCH3 is 1. The first-order valence-electron chi connectivity index (χ1n) is 9.16. The summed E-state index contributed by atoms with van der Waals surface area (Å²) >= 11 is 0. The highest BCUT2D eigenvalue weighted by Crippen LogP contribution is 2.30. The van der Waals surface area contributed by atoms with Gasteiger partial charge in [-0.25, -0.2) is 0 Å². The zero-order valence-electron chi connectivity index (χ0n) is 15.3. The maximum atomic E-state index is 12.2. The number of carbonyl (C=O) groups is 1. The zero-order valence-corrected chi connectivity index (χ0v) is 16.1. The van der Waals surface area contributed by atoms with Gasteiger partial charge in [0.15, 0.2) is 0 Å². The van der Waals surface area contributed by atoms with E-state index in [1.807, 2.05) is 18.2 Å². The van der Waals surface area contributed by atoms with Gasteiger partial charge in [-0.2, -0.15) is 0 Å². The van der Waals surface area contributed by atoms with Gasteiger partial charge in [-0.1, -0.05) is 0 Å². The van der Waals surface area contributed by atoms with E-state index in [4.69, 9.17) is 14.2 Å². The molecule has 1 aromatic carbocycles. The molecule has 1 amide bonds. The molecule has 3 rings (SSSR count). The summed E-state index contributed by atoms with van der Waals surface area (Å²) in [6, 6.07) is 5.88. The van der Waals surface area contributed by atoms with E-state index in [1.54, 1.807) is 7.11 Å². The molecule has 1 saturated heterocycles. The molecule has 1 aliphatic heterocycles. The maximum Gasteiger partial charge on any atom is 0.221 e. The van der Waals surface area contributed by atoms with E-state index in [9.17, 15) is 4.79 Å². The van der Waals surface area contributed by atoms with E-state index in [0.717, 1.165) is 36.4 Å². The minimum absolute atomic E-state index is 0. The van der Waals surface area contributed by atoms with Gasteiger partial charge >= 0.3 is 0 Å². The highest BCUT2D eigenvalue weighted by atomic mass is 35.5. The van der Waals surface area contributed by atoms with Crippen molar-refractivity contribution < 1.29 is 19.0 Å². The molecule has 2 fully saturated rings. The van der Waals surface area contributed by atoms with E-state index >= 15 is 0 Å². The van der Waals surface area contributed by atoms with Crippen molar-refractivity contribution in [2.75, 3.05) is 26.9 Å². The lowest BCUT2D eigenvalue weighted by Crippen LogP contribution is -2.44. The summed E-state index contributed by atoms with van der Waals surface area (Å²) in [5.74, 6) is 1.60. The van der Waals surface area contributed by atoms with Crippen molar-refractivity contribution in [2.24, 2.45) is 0 Å². The number of nitrogens with one attached hydrogen (secondary N) is 2. The lowest BCUT2D eigenvalue weighted by molar-refractivity contribution is -0.122. The Bertz CT molecular complexity index is 573. The molecule has 0 spiro atoms. The number of morpholine rings is 1. The third-order valence-electron chi connectivity index (χ3n) is 4.78. The second-order valence-corrected chi connectivity index (χ2v) is 6.70. The molecule has 2 N–H and O–H groups in total. The quantitative estimate of drug-likeness (QED) is 0.755. The molecule has 2 aliphatic rings. The summed E-state index contributed by atoms with van der Waals surface area (Å²) in [6.07, 6.45) is 5.32. The number of carbonyl (C=O) groups excluding carboxylic acids is 1. The number of halogens is 1. The largest absolute Gasteiger partial charge is 0.497 e. The van der Waals surface area contributed by atoms with Gasteiger partial charge in [-0.15, -0.1) is 12.4 Å². The van der Waals surface area contributed by atoms with Crippen LogP contribution in [0.5, 0.6) is 11.5 Å². The maximum absolute atomic E-state index is 12.2. The number of benzene rings is 1. The molecule has 1 saturated carbocycles. The molecule has 1 unspecified atom stereocenters. The predicted molar refractivity (Wildman–Crippen MR) is 102 cm³/mol. The third kappa shape index (κ3) is 6.04. The fourth-order valence-corrected chi connectivity index (χ4v) is 3.34. The number of hydrogen-bond acceptors (Lipinski definition) is 5. The summed E-state index contributed by atoms with van der Waals surface area (Å²) in [6.45, 7) is 2.56. The molecule has 1 aliphatic carbocycles. The van der Waals surface area contributed by atoms with Crippen LogP contribution in [-0.2, 0) is 16.1 Å². The Hall–Kier alpha value is -1.50. The van der Waals surface area contributed by atoms with Crippen molar-refractivity contribution in [3.8, 4) is 11.5 Å². The van der Waals surface area contributed by atoms with Gasteiger partial charge in [0.2, 0.25) is 5.91 Å². The lowest BCUT2D eigenvalue weighted by atomic mass is 10.1. The van der Waals surface area contributed by atoms with Crippen LogP contribution in [0, 0.1) is 0 Å². The molecule has 0 radical (unpaired) electrons. The van der Waals surface area contributed by atoms with Crippen LogP contribution in [0.15, 0.2) is 18.2 Å². The standard InChI is InChI=1S/C19H28N2O4.ClH/c1-23-17-7-6-14(18(11-17)25-16-4-2-3-5-16)12-21-19(22)10-15-13-24-9-8-20-15;/h6-7,11,15-16,20H,2-5,8-10,12-13H2,1H3,(H,21,22);1H. The van der Waals surface area contributed by atoms with Gasteiger partial charge < -0.3 is 24.8 Å². The van der Waals surface area contributed by atoms with Crippen LogP contribution in [-0.4, -0.2) is 44.9 Å². The molecule has 1 atom stereocenters. The van der Waals surface area contributed by atoms with Gasteiger partial charge in [0.25, 0.3) is 0 Å². The van der Waals surface area contributed by atoms with Crippen molar-refractivity contribution in [1.82, 2.24) is 10.6 Å². The Morgan fingerprint density at radius 2 is 2.15 bits per heavy atom. The molecular formula is C19H29ClN2O4. The molecule has 146 valence electrons. The molecule has 26 heavy (non-hydrogen) atoms. The fraction of sp³-hybridized carbons (Fsp3) is 0.632. The van der Waals surface area contributed by atoms with Gasteiger partial charge in [-0.05, 0) is 37.8 Å². The third-order valence-corrected chi connectivity index (χ3v) is 4.78. The number of amides is 1. The normalized spacial score (nSPS) is 20.3. The van der Waals surface area contributed by atoms with Crippen LogP contribution in [0.1, 0.15) is 37.7 Å². The van der Waals surface area contributed by atoms with Crippen molar-refractivity contribution >= 4 is 18.3 Å². The molecule has 0 aromatic heterocycles. The number of hydrogen-bond donors (Lipinski definition) is 2. The molecular weight excluding hydrogens is 356 g/mol. The topological polar surface area (TPSA) is 68.8 Å². The number of rotatable bonds is 7. The first-order chi connectivity index (χ1) is 12.2. The van der Waals surface area contributed by atoms with Crippen molar-refractivity contribution in [3.05, 3.63) is 23.8 Å². The monoisotopic (exact) mass is 384 g/mol. The lowest BCUT2D eigenvalue weighted by Gasteiger charge is -2.23. The summed E-state index contributed by atoms with van der Waals surface area (Å²) in [7, 11) is 1.65. The van der Waals surface area contributed by atoms with Gasteiger partial charge in [0, 0.05) is 37.2 Å². The first kappa shape index (κ1) is 20.8. The second kappa shape index (κ2) is 10.6. The van der Waals surface area contributed by atoms with Crippen molar-refractivity contribution in [1.29, 1.82) is 0 Å². The Kier molecular flexibility index (Phi) is 8.48. The van der Waals surface area contributed by atoms with E-state index in [-0.39, 0.29) is 30.5 Å². The summed E-state index contributed by atoms with van der Waals surface area (Å²) in [5.41, 5.74) is 0.980. The van der Waals surface area contributed by atoms with Crippen molar-refractivity contribution in [2.45, 2.75) is 50.8 Å². The minimum atomic E-state index is 0. The van der Waals surface area contributed by atoms with Gasteiger partial charge in [-0.3, -0.25) is 4.79 Å². The van der Waals surface area contributed by atoms with Gasteiger partial charge in [0.05, 0.1) is 26.4 Å². The molecule has 0 bridgehead atoms.